The third-order valence-electron chi connectivity index (χ3n) is 5.91. The van der Waals surface area contributed by atoms with Crippen LogP contribution in [-0.4, -0.2) is 35.5 Å². The van der Waals surface area contributed by atoms with Crippen LogP contribution in [-0.2, 0) is 4.79 Å². The van der Waals surface area contributed by atoms with Gasteiger partial charge in [0.2, 0.25) is 11.9 Å². The van der Waals surface area contributed by atoms with Crippen molar-refractivity contribution in [2.45, 2.75) is 58.5 Å². The third-order valence-corrected chi connectivity index (χ3v) is 5.91. The van der Waals surface area contributed by atoms with Crippen LogP contribution in [0, 0.1) is 5.41 Å². The SMILES string of the molecule is C[C@@H](Nc1ncc2c(n1)N(C1CCCC1)CC(C)(C)C(=O)N2C)c1ccco1. The second-order valence-corrected chi connectivity index (χ2v) is 8.60. The lowest BCUT2D eigenvalue weighted by Gasteiger charge is -2.34. The Balaban J connectivity index is 1.71. The zero-order chi connectivity index (χ0) is 19.9. The van der Waals surface area contributed by atoms with Crippen LogP contribution in [0.2, 0.25) is 0 Å². The van der Waals surface area contributed by atoms with E-state index in [4.69, 9.17) is 9.40 Å². The average Bonchev–Trinajstić information content (AvgIpc) is 3.37. The summed E-state index contributed by atoms with van der Waals surface area (Å²) in [6.45, 7) is 6.72. The van der Waals surface area contributed by atoms with E-state index in [1.807, 2.05) is 40.0 Å². The topological polar surface area (TPSA) is 74.5 Å². The first-order valence-corrected chi connectivity index (χ1v) is 10.1. The van der Waals surface area contributed by atoms with E-state index in [1.165, 1.54) is 12.8 Å². The zero-order valence-electron chi connectivity index (χ0n) is 17.1. The molecule has 2 aromatic rings. The van der Waals surface area contributed by atoms with Crippen molar-refractivity contribution in [1.29, 1.82) is 0 Å². The number of nitrogens with one attached hydrogen (secondary N) is 1. The van der Waals surface area contributed by atoms with Gasteiger partial charge in [0.05, 0.1) is 23.9 Å². The van der Waals surface area contributed by atoms with E-state index >= 15 is 0 Å². The molecule has 1 amide bonds. The molecule has 1 aliphatic carbocycles. The fourth-order valence-electron chi connectivity index (χ4n) is 4.34. The summed E-state index contributed by atoms with van der Waals surface area (Å²) in [4.78, 5) is 26.4. The minimum atomic E-state index is -0.479. The molecule has 7 nitrogen and oxygen atoms in total. The highest BCUT2D eigenvalue weighted by atomic mass is 16.3. The molecule has 1 aliphatic heterocycles. The largest absolute Gasteiger partial charge is 0.467 e. The first kappa shape index (κ1) is 18.8. The van der Waals surface area contributed by atoms with Gasteiger partial charge in [0.25, 0.3) is 0 Å². The summed E-state index contributed by atoms with van der Waals surface area (Å²) in [5.74, 6) is 2.32. The fourth-order valence-corrected chi connectivity index (χ4v) is 4.34. The van der Waals surface area contributed by atoms with Crippen molar-refractivity contribution >= 4 is 23.4 Å². The van der Waals surface area contributed by atoms with Gasteiger partial charge in [-0.05, 0) is 45.7 Å². The summed E-state index contributed by atoms with van der Waals surface area (Å²) < 4.78 is 5.48. The van der Waals surface area contributed by atoms with Crippen LogP contribution in [0.4, 0.5) is 17.5 Å². The zero-order valence-corrected chi connectivity index (χ0v) is 17.1. The number of fused-ring (bicyclic) bond motifs is 1. The second kappa shape index (κ2) is 7.11. The Bertz CT molecular complexity index is 842. The molecular weight excluding hydrogens is 354 g/mol. The Morgan fingerprint density at radius 1 is 1.32 bits per heavy atom. The van der Waals surface area contributed by atoms with Crippen molar-refractivity contribution in [3.05, 3.63) is 30.4 Å². The van der Waals surface area contributed by atoms with E-state index in [0.717, 1.165) is 30.1 Å². The van der Waals surface area contributed by atoms with Crippen LogP contribution in [0.5, 0.6) is 0 Å². The third kappa shape index (κ3) is 3.34. The molecule has 2 aliphatic rings. The van der Waals surface area contributed by atoms with Crippen molar-refractivity contribution in [2.24, 2.45) is 5.41 Å². The number of hydrogen-bond acceptors (Lipinski definition) is 6. The maximum atomic E-state index is 13.0. The van der Waals surface area contributed by atoms with Gasteiger partial charge in [-0.15, -0.1) is 0 Å². The van der Waals surface area contributed by atoms with E-state index in [-0.39, 0.29) is 11.9 Å². The summed E-state index contributed by atoms with van der Waals surface area (Å²) in [5.41, 5.74) is 0.297. The molecule has 28 heavy (non-hydrogen) atoms. The maximum absolute atomic E-state index is 13.0. The Labute approximate surface area is 166 Å². The molecule has 2 aromatic heterocycles. The Morgan fingerprint density at radius 2 is 2.07 bits per heavy atom. The second-order valence-electron chi connectivity index (χ2n) is 8.60. The van der Waals surface area contributed by atoms with Crippen molar-refractivity contribution in [3.8, 4) is 0 Å². The summed E-state index contributed by atoms with van der Waals surface area (Å²) in [6.07, 6.45) is 8.17. The van der Waals surface area contributed by atoms with Crippen LogP contribution >= 0.6 is 0 Å². The Kier molecular flexibility index (Phi) is 4.77. The molecule has 0 radical (unpaired) electrons. The molecule has 0 unspecified atom stereocenters. The van der Waals surface area contributed by atoms with Crippen LogP contribution in [0.3, 0.4) is 0 Å². The first-order valence-electron chi connectivity index (χ1n) is 10.1. The van der Waals surface area contributed by atoms with Crippen LogP contribution in [0.15, 0.2) is 29.0 Å². The number of carbonyl (C=O) groups excluding carboxylic acids is 1. The minimum absolute atomic E-state index is 0.0467. The molecule has 150 valence electrons. The van der Waals surface area contributed by atoms with Crippen molar-refractivity contribution in [2.75, 3.05) is 28.7 Å². The smallest absolute Gasteiger partial charge is 0.234 e. The molecule has 7 heteroatoms. The van der Waals surface area contributed by atoms with Gasteiger partial charge in [-0.25, -0.2) is 4.98 Å². The molecule has 1 N–H and O–H groups in total. The van der Waals surface area contributed by atoms with Crippen LogP contribution < -0.4 is 15.1 Å². The molecule has 1 saturated carbocycles. The number of hydrogen-bond donors (Lipinski definition) is 1. The fraction of sp³-hybridized carbons (Fsp3) is 0.571. The van der Waals surface area contributed by atoms with Gasteiger partial charge >= 0.3 is 0 Å². The van der Waals surface area contributed by atoms with E-state index in [2.05, 4.69) is 15.2 Å². The summed E-state index contributed by atoms with van der Waals surface area (Å²) >= 11 is 0. The molecule has 4 rings (SSSR count). The Morgan fingerprint density at radius 3 is 2.75 bits per heavy atom. The average molecular weight is 383 g/mol. The number of carbonyl (C=O) groups is 1. The standard InChI is InChI=1S/C21H29N5O2/c1-14(17-10-7-11-28-17)23-20-22-12-16-18(24-20)26(15-8-5-6-9-15)13-21(2,3)19(27)25(16)4/h7,10-12,14-15H,5-6,8-9,13H2,1-4H3,(H,22,23,24)/t14-/m1/s1. The highest BCUT2D eigenvalue weighted by molar-refractivity contribution is 6.00. The summed E-state index contributed by atoms with van der Waals surface area (Å²) in [6, 6.07) is 4.17. The van der Waals surface area contributed by atoms with Crippen molar-refractivity contribution in [1.82, 2.24) is 9.97 Å². The summed E-state index contributed by atoms with van der Waals surface area (Å²) in [7, 11) is 1.82. The Hall–Kier alpha value is -2.57. The van der Waals surface area contributed by atoms with Crippen molar-refractivity contribution in [3.63, 3.8) is 0 Å². The molecule has 1 atom stereocenters. The van der Waals surface area contributed by atoms with Gasteiger partial charge in [0.15, 0.2) is 5.82 Å². The van der Waals surface area contributed by atoms with Crippen molar-refractivity contribution < 1.29 is 9.21 Å². The summed E-state index contributed by atoms with van der Waals surface area (Å²) in [5, 5.41) is 3.33. The lowest BCUT2D eigenvalue weighted by molar-refractivity contribution is -0.125. The highest BCUT2D eigenvalue weighted by Crippen LogP contribution is 2.40. The predicted octanol–water partition coefficient (Wildman–Crippen LogP) is 3.99. The molecular formula is C21H29N5O2. The highest BCUT2D eigenvalue weighted by Gasteiger charge is 2.41. The predicted molar refractivity (Wildman–Crippen MR) is 110 cm³/mol. The lowest BCUT2D eigenvalue weighted by Crippen LogP contribution is -2.45. The maximum Gasteiger partial charge on any atom is 0.234 e. The van der Waals surface area contributed by atoms with E-state index in [1.54, 1.807) is 17.4 Å². The molecule has 0 bridgehead atoms. The van der Waals surface area contributed by atoms with Gasteiger partial charge in [-0.1, -0.05) is 12.8 Å². The van der Waals surface area contributed by atoms with Crippen LogP contribution in [0.25, 0.3) is 0 Å². The molecule has 0 spiro atoms. The quantitative estimate of drug-likeness (QED) is 0.860. The van der Waals surface area contributed by atoms with Crippen LogP contribution in [0.1, 0.15) is 58.3 Å². The van der Waals surface area contributed by atoms with Gasteiger partial charge in [0, 0.05) is 19.6 Å². The molecule has 0 saturated heterocycles. The molecule has 1 fully saturated rings. The van der Waals surface area contributed by atoms with Gasteiger partial charge < -0.3 is 19.5 Å². The normalized spacial score (nSPS) is 20.8. The molecule has 3 heterocycles. The number of rotatable bonds is 4. The van der Waals surface area contributed by atoms with E-state index in [0.29, 0.717) is 18.5 Å². The van der Waals surface area contributed by atoms with Gasteiger partial charge in [-0.2, -0.15) is 4.98 Å². The number of aromatic nitrogens is 2. The number of nitrogens with zero attached hydrogens (tertiary/aromatic N) is 4. The number of anilines is 3. The number of amides is 1. The molecule has 0 aromatic carbocycles. The number of furan rings is 1. The van der Waals surface area contributed by atoms with Gasteiger partial charge in [-0.3, -0.25) is 4.79 Å². The van der Waals surface area contributed by atoms with E-state index < -0.39 is 5.41 Å². The van der Waals surface area contributed by atoms with E-state index in [9.17, 15) is 4.79 Å². The minimum Gasteiger partial charge on any atom is -0.467 e. The first-order chi connectivity index (χ1) is 13.4. The van der Waals surface area contributed by atoms with Gasteiger partial charge in [0.1, 0.15) is 11.4 Å². The lowest BCUT2D eigenvalue weighted by atomic mass is 9.91. The monoisotopic (exact) mass is 383 g/mol.